The van der Waals surface area contributed by atoms with Gasteiger partial charge >= 0.3 is 0 Å². The summed E-state index contributed by atoms with van der Waals surface area (Å²) < 4.78 is 0. The molecule has 0 saturated heterocycles. The van der Waals surface area contributed by atoms with E-state index in [4.69, 9.17) is 11.6 Å². The summed E-state index contributed by atoms with van der Waals surface area (Å²) in [5.41, 5.74) is 0. The van der Waals surface area contributed by atoms with Crippen molar-refractivity contribution in [2.24, 2.45) is 0 Å². The second-order valence-corrected chi connectivity index (χ2v) is 4.22. The molecule has 0 saturated carbocycles. The second kappa shape index (κ2) is 7.08. The molecular weight excluding hydrogens is 268 g/mol. The Kier molecular flexibility index (Phi) is 5.75. The van der Waals surface area contributed by atoms with Crippen LogP contribution in [-0.2, 0) is 4.79 Å². The molecule has 19 heavy (non-hydrogen) atoms. The third-order valence-electron chi connectivity index (χ3n) is 2.62. The molecule has 0 aliphatic heterocycles. The standard InChI is InChI=1S/C11H19ClN6O/c1-5-18(6-2)8(19)7(3)14-11-16-9(12)15-10(13-4)17-11/h7H,5-6H2,1-4H3,(H2,13,14,15,16,17). The fraction of sp³-hybridized carbons (Fsp3) is 0.636. The maximum atomic E-state index is 12.1. The molecule has 1 aromatic heterocycles. The fourth-order valence-corrected chi connectivity index (χ4v) is 1.75. The smallest absolute Gasteiger partial charge is 0.244 e. The lowest BCUT2D eigenvalue weighted by molar-refractivity contribution is -0.131. The number of anilines is 2. The van der Waals surface area contributed by atoms with Crippen LogP contribution < -0.4 is 10.6 Å². The number of hydrogen-bond acceptors (Lipinski definition) is 6. The van der Waals surface area contributed by atoms with Crippen LogP contribution in [0.25, 0.3) is 0 Å². The van der Waals surface area contributed by atoms with Crippen molar-refractivity contribution in [1.29, 1.82) is 0 Å². The number of halogens is 1. The Labute approximate surface area is 117 Å². The van der Waals surface area contributed by atoms with Gasteiger partial charge in [-0.05, 0) is 32.4 Å². The van der Waals surface area contributed by atoms with Crippen LogP contribution in [-0.4, -0.2) is 51.9 Å². The Morgan fingerprint density at radius 2 is 1.84 bits per heavy atom. The van der Waals surface area contributed by atoms with Gasteiger partial charge in [0.1, 0.15) is 6.04 Å². The molecule has 1 heterocycles. The monoisotopic (exact) mass is 286 g/mol. The van der Waals surface area contributed by atoms with Crippen LogP contribution in [0.3, 0.4) is 0 Å². The molecule has 1 atom stereocenters. The van der Waals surface area contributed by atoms with E-state index in [0.29, 0.717) is 19.0 Å². The molecule has 0 fully saturated rings. The van der Waals surface area contributed by atoms with Crippen LogP contribution in [0, 0.1) is 0 Å². The molecule has 0 radical (unpaired) electrons. The normalized spacial score (nSPS) is 11.8. The first-order valence-electron chi connectivity index (χ1n) is 6.16. The zero-order chi connectivity index (χ0) is 14.4. The summed E-state index contributed by atoms with van der Waals surface area (Å²) in [7, 11) is 1.68. The average Bonchev–Trinajstić information content (AvgIpc) is 2.39. The minimum Gasteiger partial charge on any atom is -0.357 e. The first-order chi connectivity index (χ1) is 9.01. The number of nitrogens with zero attached hydrogens (tertiary/aromatic N) is 4. The molecule has 0 aliphatic carbocycles. The molecular formula is C11H19ClN6O. The van der Waals surface area contributed by atoms with E-state index in [2.05, 4.69) is 25.6 Å². The second-order valence-electron chi connectivity index (χ2n) is 3.88. The highest BCUT2D eigenvalue weighted by Gasteiger charge is 2.19. The summed E-state index contributed by atoms with van der Waals surface area (Å²) >= 11 is 5.77. The molecule has 1 aromatic rings. The van der Waals surface area contributed by atoms with Gasteiger partial charge in [0.15, 0.2) is 0 Å². The molecule has 106 valence electrons. The van der Waals surface area contributed by atoms with Gasteiger partial charge in [-0.15, -0.1) is 0 Å². The number of amides is 1. The molecule has 1 unspecified atom stereocenters. The van der Waals surface area contributed by atoms with Gasteiger partial charge in [0.05, 0.1) is 0 Å². The van der Waals surface area contributed by atoms with E-state index < -0.39 is 6.04 Å². The fourth-order valence-electron chi connectivity index (χ4n) is 1.59. The molecule has 1 rings (SSSR count). The predicted molar refractivity (Wildman–Crippen MR) is 75.4 cm³/mol. The van der Waals surface area contributed by atoms with Crippen LogP contribution in [0.15, 0.2) is 0 Å². The lowest BCUT2D eigenvalue weighted by Crippen LogP contribution is -2.41. The largest absolute Gasteiger partial charge is 0.357 e. The van der Waals surface area contributed by atoms with E-state index in [1.807, 2.05) is 13.8 Å². The van der Waals surface area contributed by atoms with Crippen molar-refractivity contribution in [2.75, 3.05) is 30.8 Å². The Hall–Kier alpha value is -1.63. The van der Waals surface area contributed by atoms with Crippen molar-refractivity contribution in [1.82, 2.24) is 19.9 Å². The quantitative estimate of drug-likeness (QED) is 0.818. The van der Waals surface area contributed by atoms with Gasteiger partial charge < -0.3 is 15.5 Å². The number of nitrogens with one attached hydrogen (secondary N) is 2. The SMILES string of the molecule is CCN(CC)C(=O)C(C)Nc1nc(Cl)nc(NC)n1. The van der Waals surface area contributed by atoms with Crippen LogP contribution in [0.5, 0.6) is 0 Å². The Bertz CT molecular complexity index is 437. The molecule has 8 heteroatoms. The number of rotatable bonds is 6. The summed E-state index contributed by atoms with van der Waals surface area (Å²) in [6, 6.07) is -0.428. The van der Waals surface area contributed by atoms with Gasteiger partial charge in [0.25, 0.3) is 0 Å². The van der Waals surface area contributed by atoms with Gasteiger partial charge in [-0.2, -0.15) is 15.0 Å². The molecule has 7 nitrogen and oxygen atoms in total. The molecule has 0 spiro atoms. The zero-order valence-corrected chi connectivity index (χ0v) is 12.3. The first kappa shape index (κ1) is 15.4. The van der Waals surface area contributed by atoms with Crippen LogP contribution in [0.2, 0.25) is 5.28 Å². The highest BCUT2D eigenvalue weighted by atomic mass is 35.5. The van der Waals surface area contributed by atoms with Crippen molar-refractivity contribution in [3.63, 3.8) is 0 Å². The topological polar surface area (TPSA) is 83.0 Å². The highest BCUT2D eigenvalue weighted by molar-refractivity contribution is 6.28. The summed E-state index contributed by atoms with van der Waals surface area (Å²) in [4.78, 5) is 25.7. The molecule has 2 N–H and O–H groups in total. The molecule has 1 amide bonds. The van der Waals surface area contributed by atoms with Crippen molar-refractivity contribution >= 4 is 29.4 Å². The van der Waals surface area contributed by atoms with E-state index in [9.17, 15) is 4.79 Å². The highest BCUT2D eigenvalue weighted by Crippen LogP contribution is 2.10. The van der Waals surface area contributed by atoms with Crippen molar-refractivity contribution in [3.8, 4) is 0 Å². The third kappa shape index (κ3) is 4.20. The van der Waals surface area contributed by atoms with E-state index in [1.165, 1.54) is 0 Å². The average molecular weight is 287 g/mol. The third-order valence-corrected chi connectivity index (χ3v) is 2.79. The van der Waals surface area contributed by atoms with Crippen molar-refractivity contribution < 1.29 is 4.79 Å². The maximum Gasteiger partial charge on any atom is 0.244 e. The number of likely N-dealkylation sites (N-methyl/N-ethyl adjacent to an activating group) is 1. The summed E-state index contributed by atoms with van der Waals surface area (Å²) in [5.74, 6) is 0.620. The maximum absolute atomic E-state index is 12.1. The molecule has 0 aliphatic rings. The van der Waals surface area contributed by atoms with E-state index in [1.54, 1.807) is 18.9 Å². The Balaban J connectivity index is 2.78. The van der Waals surface area contributed by atoms with Crippen molar-refractivity contribution in [2.45, 2.75) is 26.8 Å². The Morgan fingerprint density at radius 3 is 2.37 bits per heavy atom. The van der Waals surface area contributed by atoms with E-state index >= 15 is 0 Å². The van der Waals surface area contributed by atoms with Gasteiger partial charge in [0.2, 0.25) is 23.1 Å². The Morgan fingerprint density at radius 1 is 1.26 bits per heavy atom. The number of aromatic nitrogens is 3. The predicted octanol–water partition coefficient (Wildman–Crippen LogP) is 1.24. The minimum atomic E-state index is -0.428. The van der Waals surface area contributed by atoms with Crippen LogP contribution in [0.1, 0.15) is 20.8 Å². The van der Waals surface area contributed by atoms with Gasteiger partial charge in [0, 0.05) is 20.1 Å². The van der Waals surface area contributed by atoms with E-state index in [0.717, 1.165) is 0 Å². The van der Waals surface area contributed by atoms with Gasteiger partial charge in [-0.1, -0.05) is 0 Å². The molecule has 0 bridgehead atoms. The molecule has 0 aromatic carbocycles. The van der Waals surface area contributed by atoms with Crippen LogP contribution >= 0.6 is 11.6 Å². The van der Waals surface area contributed by atoms with Gasteiger partial charge in [-0.25, -0.2) is 0 Å². The minimum absolute atomic E-state index is 0.00691. The van der Waals surface area contributed by atoms with Crippen molar-refractivity contribution in [3.05, 3.63) is 5.28 Å². The van der Waals surface area contributed by atoms with Gasteiger partial charge in [-0.3, -0.25) is 4.79 Å². The lowest BCUT2D eigenvalue weighted by atomic mass is 10.3. The number of hydrogen-bond donors (Lipinski definition) is 2. The number of carbonyl (C=O) groups excluding carboxylic acids is 1. The first-order valence-corrected chi connectivity index (χ1v) is 6.54. The lowest BCUT2D eigenvalue weighted by Gasteiger charge is -2.23. The zero-order valence-electron chi connectivity index (χ0n) is 11.6. The van der Waals surface area contributed by atoms with E-state index in [-0.39, 0.29) is 17.1 Å². The summed E-state index contributed by atoms with van der Waals surface area (Å²) in [6.07, 6.45) is 0. The summed E-state index contributed by atoms with van der Waals surface area (Å²) in [6.45, 7) is 6.97. The number of carbonyl (C=O) groups is 1. The summed E-state index contributed by atoms with van der Waals surface area (Å²) in [5, 5.41) is 5.78. The van der Waals surface area contributed by atoms with Crippen LogP contribution in [0.4, 0.5) is 11.9 Å².